The van der Waals surface area contributed by atoms with E-state index in [0.29, 0.717) is 18.5 Å². The maximum atomic E-state index is 12.7. The van der Waals surface area contributed by atoms with Crippen LogP contribution in [0.1, 0.15) is 41.6 Å². The number of aliphatic hydroxyl groups excluding tert-OH is 1. The molecule has 3 rings (SSSR count). The first-order valence-electron chi connectivity index (χ1n) is 7.53. The molecule has 5 heteroatoms. The van der Waals surface area contributed by atoms with E-state index in [9.17, 15) is 14.7 Å². The number of anilines is 1. The number of benzene rings is 1. The highest BCUT2D eigenvalue weighted by Crippen LogP contribution is 2.26. The van der Waals surface area contributed by atoms with Crippen LogP contribution in [-0.2, 0) is 11.2 Å². The highest BCUT2D eigenvalue weighted by molar-refractivity contribution is 6.02. The van der Waals surface area contributed by atoms with Crippen molar-refractivity contribution in [2.24, 2.45) is 0 Å². The summed E-state index contributed by atoms with van der Waals surface area (Å²) < 4.78 is 0. The number of carbonyl (C=O) groups is 2. The van der Waals surface area contributed by atoms with Gasteiger partial charge in [0.15, 0.2) is 0 Å². The highest BCUT2D eigenvalue weighted by atomic mass is 16.3. The summed E-state index contributed by atoms with van der Waals surface area (Å²) in [6.07, 6.45) is 4.36. The van der Waals surface area contributed by atoms with Gasteiger partial charge in [0.25, 0.3) is 5.91 Å². The Kier molecular flexibility index (Phi) is 3.92. The quantitative estimate of drug-likeness (QED) is 0.867. The lowest BCUT2D eigenvalue weighted by Crippen LogP contribution is -2.42. The number of nitrogens with zero attached hydrogens (tertiary/aromatic N) is 1. The first-order valence-corrected chi connectivity index (χ1v) is 7.53. The average Bonchev–Trinajstić information content (AvgIpc) is 2.71. The lowest BCUT2D eigenvalue weighted by molar-refractivity contribution is -0.115. The third kappa shape index (κ3) is 2.78. The van der Waals surface area contributed by atoms with Crippen molar-refractivity contribution in [1.82, 2.24) is 4.90 Å². The molecule has 1 unspecified atom stereocenters. The second kappa shape index (κ2) is 5.85. The minimum atomic E-state index is -0.0946. The molecule has 0 saturated carbocycles. The van der Waals surface area contributed by atoms with Gasteiger partial charge in [0.1, 0.15) is 0 Å². The molecule has 0 bridgehead atoms. The normalized spacial score (nSPS) is 21.7. The Morgan fingerprint density at radius 1 is 1.33 bits per heavy atom. The summed E-state index contributed by atoms with van der Waals surface area (Å²) >= 11 is 0. The Morgan fingerprint density at radius 3 is 3.00 bits per heavy atom. The highest BCUT2D eigenvalue weighted by Gasteiger charge is 2.27. The van der Waals surface area contributed by atoms with Crippen LogP contribution >= 0.6 is 0 Å². The molecule has 2 aliphatic rings. The molecular weight excluding hydrogens is 268 g/mol. The molecule has 0 radical (unpaired) electrons. The molecule has 1 aromatic rings. The summed E-state index contributed by atoms with van der Waals surface area (Å²) in [7, 11) is 0. The number of hydrogen-bond acceptors (Lipinski definition) is 3. The zero-order chi connectivity index (χ0) is 14.8. The molecule has 2 amide bonds. The van der Waals surface area contributed by atoms with Crippen LogP contribution in [0.2, 0.25) is 0 Å². The van der Waals surface area contributed by atoms with Gasteiger partial charge in [-0.05, 0) is 30.5 Å². The Labute approximate surface area is 123 Å². The number of aliphatic hydroxyl groups is 1. The van der Waals surface area contributed by atoms with Gasteiger partial charge in [0.05, 0.1) is 19.1 Å². The monoisotopic (exact) mass is 288 g/mol. The van der Waals surface area contributed by atoms with Gasteiger partial charge in [0.2, 0.25) is 5.91 Å². The molecule has 2 aliphatic heterocycles. The number of nitrogens with one attached hydrogen (secondary N) is 1. The SMILES string of the molecule is O=C1Cc2ccc(C(=O)N3CCCCCC3CO)cc2N1. The number of carbonyl (C=O) groups excluding carboxylic acids is 2. The van der Waals surface area contributed by atoms with Crippen LogP contribution in [0.5, 0.6) is 0 Å². The predicted octanol–water partition coefficient (Wildman–Crippen LogP) is 1.56. The molecule has 0 spiro atoms. The molecule has 112 valence electrons. The van der Waals surface area contributed by atoms with Gasteiger partial charge in [-0.3, -0.25) is 9.59 Å². The Hall–Kier alpha value is -1.88. The van der Waals surface area contributed by atoms with E-state index in [1.807, 2.05) is 6.07 Å². The molecule has 0 aliphatic carbocycles. The first kappa shape index (κ1) is 14.1. The molecule has 2 N–H and O–H groups in total. The van der Waals surface area contributed by atoms with Crippen molar-refractivity contribution in [3.05, 3.63) is 29.3 Å². The smallest absolute Gasteiger partial charge is 0.254 e. The fraction of sp³-hybridized carbons (Fsp3) is 0.500. The molecule has 2 heterocycles. The lowest BCUT2D eigenvalue weighted by Gasteiger charge is -2.28. The Balaban J connectivity index is 1.84. The predicted molar refractivity (Wildman–Crippen MR) is 79.2 cm³/mol. The van der Waals surface area contributed by atoms with Gasteiger partial charge in [0, 0.05) is 17.8 Å². The summed E-state index contributed by atoms with van der Waals surface area (Å²) in [6, 6.07) is 5.28. The van der Waals surface area contributed by atoms with Crippen molar-refractivity contribution in [1.29, 1.82) is 0 Å². The molecular formula is C16H20N2O3. The summed E-state index contributed by atoms with van der Waals surface area (Å²) in [5.41, 5.74) is 2.25. The van der Waals surface area contributed by atoms with Gasteiger partial charge in [-0.2, -0.15) is 0 Å². The molecule has 1 aromatic carbocycles. The molecule has 0 aromatic heterocycles. The van der Waals surface area contributed by atoms with Crippen molar-refractivity contribution < 1.29 is 14.7 Å². The third-order valence-corrected chi connectivity index (χ3v) is 4.33. The summed E-state index contributed by atoms with van der Waals surface area (Å²) in [6.45, 7) is 0.695. The number of likely N-dealkylation sites (tertiary alicyclic amines) is 1. The fourth-order valence-corrected chi connectivity index (χ4v) is 3.15. The summed E-state index contributed by atoms with van der Waals surface area (Å²) in [5, 5.41) is 12.3. The number of amides is 2. The summed E-state index contributed by atoms with van der Waals surface area (Å²) in [5.74, 6) is -0.0856. The lowest BCUT2D eigenvalue weighted by atomic mass is 10.1. The van der Waals surface area contributed by atoms with Crippen molar-refractivity contribution in [2.45, 2.75) is 38.1 Å². The molecule has 21 heavy (non-hydrogen) atoms. The van der Waals surface area contributed by atoms with E-state index in [4.69, 9.17) is 0 Å². The largest absolute Gasteiger partial charge is 0.394 e. The van der Waals surface area contributed by atoms with Gasteiger partial charge >= 0.3 is 0 Å². The Bertz CT molecular complexity index is 571. The minimum Gasteiger partial charge on any atom is -0.394 e. The van der Waals surface area contributed by atoms with Crippen molar-refractivity contribution in [2.75, 3.05) is 18.5 Å². The maximum absolute atomic E-state index is 12.7. The van der Waals surface area contributed by atoms with Crippen molar-refractivity contribution in [3.8, 4) is 0 Å². The molecule has 1 fully saturated rings. The van der Waals surface area contributed by atoms with Crippen LogP contribution < -0.4 is 5.32 Å². The third-order valence-electron chi connectivity index (χ3n) is 4.33. The molecule has 1 saturated heterocycles. The van der Waals surface area contributed by atoms with Gasteiger partial charge in [-0.15, -0.1) is 0 Å². The van der Waals surface area contributed by atoms with E-state index in [1.165, 1.54) is 0 Å². The van der Waals surface area contributed by atoms with Crippen molar-refractivity contribution in [3.63, 3.8) is 0 Å². The topological polar surface area (TPSA) is 69.6 Å². The zero-order valence-electron chi connectivity index (χ0n) is 12.0. The standard InChI is InChI=1S/C16H20N2O3/c19-10-13-4-2-1-3-7-18(13)16(21)12-6-5-11-9-15(20)17-14(11)8-12/h5-6,8,13,19H,1-4,7,9-10H2,(H,17,20). The van der Waals surface area contributed by atoms with E-state index in [2.05, 4.69) is 5.32 Å². The van der Waals surface area contributed by atoms with E-state index in [1.54, 1.807) is 17.0 Å². The second-order valence-electron chi connectivity index (χ2n) is 5.78. The number of fused-ring (bicyclic) bond motifs is 1. The second-order valence-corrected chi connectivity index (χ2v) is 5.78. The first-order chi connectivity index (χ1) is 10.2. The molecule has 5 nitrogen and oxygen atoms in total. The van der Waals surface area contributed by atoms with Crippen LogP contribution in [0.25, 0.3) is 0 Å². The van der Waals surface area contributed by atoms with E-state index >= 15 is 0 Å². The average molecular weight is 288 g/mol. The van der Waals surface area contributed by atoms with Crippen LogP contribution in [0.3, 0.4) is 0 Å². The van der Waals surface area contributed by atoms with Crippen LogP contribution in [-0.4, -0.2) is 41.0 Å². The molecule has 1 atom stereocenters. The minimum absolute atomic E-state index is 0.00736. The van der Waals surface area contributed by atoms with Crippen LogP contribution in [0.4, 0.5) is 5.69 Å². The van der Waals surface area contributed by atoms with Crippen LogP contribution in [0, 0.1) is 0 Å². The zero-order valence-corrected chi connectivity index (χ0v) is 12.0. The Morgan fingerprint density at radius 2 is 2.19 bits per heavy atom. The van der Waals surface area contributed by atoms with Gasteiger partial charge in [-0.1, -0.05) is 18.9 Å². The van der Waals surface area contributed by atoms with Crippen LogP contribution in [0.15, 0.2) is 18.2 Å². The number of rotatable bonds is 2. The summed E-state index contributed by atoms with van der Waals surface area (Å²) in [4.78, 5) is 25.9. The van der Waals surface area contributed by atoms with E-state index < -0.39 is 0 Å². The van der Waals surface area contributed by atoms with Crippen molar-refractivity contribution >= 4 is 17.5 Å². The maximum Gasteiger partial charge on any atom is 0.254 e. The van der Waals surface area contributed by atoms with Gasteiger partial charge in [-0.25, -0.2) is 0 Å². The fourth-order valence-electron chi connectivity index (χ4n) is 3.15. The van der Waals surface area contributed by atoms with E-state index in [0.717, 1.165) is 36.9 Å². The number of hydrogen-bond donors (Lipinski definition) is 2. The van der Waals surface area contributed by atoms with E-state index in [-0.39, 0.29) is 24.5 Å². The van der Waals surface area contributed by atoms with Gasteiger partial charge < -0.3 is 15.3 Å².